The van der Waals surface area contributed by atoms with E-state index in [1.54, 1.807) is 0 Å². The summed E-state index contributed by atoms with van der Waals surface area (Å²) < 4.78 is 27.1. The summed E-state index contributed by atoms with van der Waals surface area (Å²) in [5.74, 6) is 0. The summed E-state index contributed by atoms with van der Waals surface area (Å²) in [5, 5.41) is 0.124. The van der Waals surface area contributed by atoms with Gasteiger partial charge in [0.05, 0.1) is 10.0 Å². The van der Waals surface area contributed by atoms with Gasteiger partial charge in [0.25, 0.3) is 0 Å². The fourth-order valence-corrected chi connectivity index (χ4v) is 5.18. The molecule has 1 unspecified atom stereocenters. The second-order valence-corrected chi connectivity index (χ2v) is 7.91. The highest BCUT2D eigenvalue weighted by Crippen LogP contribution is 2.34. The van der Waals surface area contributed by atoms with Crippen molar-refractivity contribution in [2.45, 2.75) is 24.3 Å². The Hall–Kier alpha value is -0.530. The van der Waals surface area contributed by atoms with E-state index in [-0.39, 0.29) is 21.0 Å². The molecule has 1 aromatic carbocycles. The topological polar surface area (TPSA) is 66.6 Å². The van der Waals surface area contributed by atoms with E-state index in [2.05, 4.69) is 4.90 Å². The normalized spacial score (nSPS) is 21.6. The van der Waals surface area contributed by atoms with Crippen LogP contribution in [-0.2, 0) is 10.0 Å². The molecule has 2 N–H and O–H groups in total. The second kappa shape index (κ2) is 6.30. The molecule has 0 aromatic heterocycles. The van der Waals surface area contributed by atoms with Crippen molar-refractivity contribution in [3.8, 4) is 0 Å². The van der Waals surface area contributed by atoms with E-state index in [1.807, 2.05) is 14.0 Å². The quantitative estimate of drug-likeness (QED) is 0.848. The summed E-state index contributed by atoms with van der Waals surface area (Å²) in [6.45, 7) is 3.58. The maximum atomic E-state index is 12.8. The van der Waals surface area contributed by atoms with Gasteiger partial charge < -0.3 is 10.6 Å². The molecule has 21 heavy (non-hydrogen) atoms. The lowest BCUT2D eigenvalue weighted by Crippen LogP contribution is -2.52. The molecule has 0 radical (unpaired) electrons. The van der Waals surface area contributed by atoms with Gasteiger partial charge in [-0.3, -0.25) is 0 Å². The zero-order valence-electron chi connectivity index (χ0n) is 12.0. The maximum absolute atomic E-state index is 12.8. The Balaban J connectivity index is 2.39. The third kappa shape index (κ3) is 3.29. The van der Waals surface area contributed by atoms with Crippen molar-refractivity contribution >= 4 is 38.9 Å². The van der Waals surface area contributed by atoms with Crippen LogP contribution in [0.5, 0.6) is 0 Å². The van der Waals surface area contributed by atoms with Gasteiger partial charge in [-0.25, -0.2) is 8.42 Å². The largest absolute Gasteiger partial charge is 0.399 e. The highest BCUT2D eigenvalue weighted by atomic mass is 35.5. The molecule has 0 spiro atoms. The molecule has 118 valence electrons. The lowest BCUT2D eigenvalue weighted by atomic mass is 10.1. The third-order valence-electron chi connectivity index (χ3n) is 3.83. The number of halogens is 2. The highest BCUT2D eigenvalue weighted by molar-refractivity contribution is 7.89. The number of rotatable bonds is 3. The molecule has 1 aliphatic rings. The minimum Gasteiger partial charge on any atom is -0.399 e. The number of nitrogen functional groups attached to an aromatic ring is 1. The van der Waals surface area contributed by atoms with Gasteiger partial charge in [-0.05, 0) is 25.6 Å². The molecule has 1 saturated heterocycles. The number of nitrogens with zero attached hydrogens (tertiary/aromatic N) is 2. The van der Waals surface area contributed by atoms with Crippen molar-refractivity contribution in [1.29, 1.82) is 0 Å². The van der Waals surface area contributed by atoms with Gasteiger partial charge in [-0.1, -0.05) is 30.1 Å². The molecule has 8 heteroatoms. The Morgan fingerprint density at radius 2 is 1.86 bits per heavy atom. The average molecular weight is 352 g/mol. The lowest BCUT2D eigenvalue weighted by molar-refractivity contribution is 0.144. The van der Waals surface area contributed by atoms with Crippen LogP contribution in [0.3, 0.4) is 0 Å². The van der Waals surface area contributed by atoms with Crippen molar-refractivity contribution in [3.05, 3.63) is 22.2 Å². The van der Waals surface area contributed by atoms with Crippen molar-refractivity contribution in [3.63, 3.8) is 0 Å². The van der Waals surface area contributed by atoms with Gasteiger partial charge in [0.1, 0.15) is 4.90 Å². The fraction of sp³-hybridized carbons (Fsp3) is 0.538. The van der Waals surface area contributed by atoms with Crippen molar-refractivity contribution in [1.82, 2.24) is 9.21 Å². The lowest BCUT2D eigenvalue weighted by Gasteiger charge is -2.38. The minimum atomic E-state index is -3.72. The number of nitrogens with two attached hydrogens (primary N) is 1. The van der Waals surface area contributed by atoms with Crippen LogP contribution in [0.25, 0.3) is 0 Å². The van der Waals surface area contributed by atoms with Gasteiger partial charge in [0.2, 0.25) is 10.0 Å². The van der Waals surface area contributed by atoms with E-state index < -0.39 is 10.0 Å². The number of sulfonamides is 1. The number of hydrogen-bond acceptors (Lipinski definition) is 4. The zero-order valence-corrected chi connectivity index (χ0v) is 14.3. The summed E-state index contributed by atoms with van der Waals surface area (Å²) in [6.07, 6.45) is 0.881. The number of likely N-dealkylation sites (N-methyl/N-ethyl adjacent to an activating group) is 1. The summed E-state index contributed by atoms with van der Waals surface area (Å²) in [7, 11) is -1.72. The van der Waals surface area contributed by atoms with Crippen LogP contribution >= 0.6 is 23.2 Å². The smallest absolute Gasteiger partial charge is 0.246 e. The van der Waals surface area contributed by atoms with Crippen molar-refractivity contribution in [2.24, 2.45) is 0 Å². The summed E-state index contributed by atoms with van der Waals surface area (Å²) in [4.78, 5) is 2.11. The maximum Gasteiger partial charge on any atom is 0.246 e. The predicted octanol–water partition coefficient (Wildman–Crippen LogP) is 2.29. The fourth-order valence-electron chi connectivity index (χ4n) is 2.53. The Labute approximate surface area is 135 Å². The summed E-state index contributed by atoms with van der Waals surface area (Å²) in [5.41, 5.74) is 5.97. The molecular formula is C13H19Cl2N3O2S. The Morgan fingerprint density at radius 1 is 1.29 bits per heavy atom. The van der Waals surface area contributed by atoms with Crippen LogP contribution in [0.2, 0.25) is 10.0 Å². The monoisotopic (exact) mass is 351 g/mol. The molecule has 2 rings (SSSR count). The molecule has 1 aliphatic heterocycles. The van der Waals surface area contributed by atoms with Crippen LogP contribution in [0.15, 0.2) is 17.0 Å². The number of hydrogen-bond donors (Lipinski definition) is 1. The summed E-state index contributed by atoms with van der Waals surface area (Å²) in [6, 6.07) is 3.02. The third-order valence-corrected chi connectivity index (χ3v) is 6.62. The molecule has 1 fully saturated rings. The molecule has 0 saturated carbocycles. The van der Waals surface area contributed by atoms with E-state index in [1.165, 1.54) is 16.4 Å². The van der Waals surface area contributed by atoms with Crippen molar-refractivity contribution < 1.29 is 8.42 Å². The Bertz CT molecular complexity index is 613. The molecule has 5 nitrogen and oxygen atoms in total. The van der Waals surface area contributed by atoms with E-state index in [0.717, 1.165) is 6.42 Å². The van der Waals surface area contributed by atoms with E-state index in [4.69, 9.17) is 28.9 Å². The zero-order chi connectivity index (χ0) is 15.8. The van der Waals surface area contributed by atoms with E-state index >= 15 is 0 Å². The molecule has 1 atom stereocenters. The highest BCUT2D eigenvalue weighted by Gasteiger charge is 2.34. The van der Waals surface area contributed by atoms with Crippen LogP contribution in [0, 0.1) is 0 Å². The van der Waals surface area contributed by atoms with E-state index in [9.17, 15) is 8.42 Å². The van der Waals surface area contributed by atoms with Gasteiger partial charge in [-0.15, -0.1) is 0 Å². The SMILES string of the molecule is CCC1CN(S(=O)(=O)c2c(Cl)cc(N)cc2Cl)CCN1C. The number of piperazine rings is 1. The van der Waals surface area contributed by atoms with Gasteiger partial charge in [0, 0.05) is 31.4 Å². The minimum absolute atomic E-state index is 0.0561. The molecule has 1 heterocycles. The van der Waals surface area contributed by atoms with Crippen LogP contribution in [-0.4, -0.2) is 50.3 Å². The Kier molecular flexibility index (Phi) is 5.05. The van der Waals surface area contributed by atoms with Crippen LogP contribution in [0.4, 0.5) is 5.69 Å². The van der Waals surface area contributed by atoms with Gasteiger partial charge in [-0.2, -0.15) is 4.31 Å². The first kappa shape index (κ1) is 16.8. The van der Waals surface area contributed by atoms with Gasteiger partial charge in [0.15, 0.2) is 0 Å². The number of benzene rings is 1. The standard InChI is InChI=1S/C13H19Cl2N3O2S/c1-3-10-8-18(5-4-17(10)2)21(19,20)13-11(14)6-9(16)7-12(13)15/h6-7,10H,3-5,8,16H2,1-2H3. The molecule has 0 amide bonds. The predicted molar refractivity (Wildman–Crippen MR) is 86.3 cm³/mol. The first-order valence-electron chi connectivity index (χ1n) is 6.72. The first-order valence-corrected chi connectivity index (χ1v) is 8.92. The molecule has 0 aliphatic carbocycles. The number of anilines is 1. The second-order valence-electron chi connectivity index (χ2n) is 5.22. The first-order chi connectivity index (χ1) is 9.77. The van der Waals surface area contributed by atoms with Crippen LogP contribution in [0.1, 0.15) is 13.3 Å². The molecule has 1 aromatic rings. The summed E-state index contributed by atoms with van der Waals surface area (Å²) >= 11 is 12.1. The Morgan fingerprint density at radius 3 is 2.38 bits per heavy atom. The molecular weight excluding hydrogens is 333 g/mol. The average Bonchev–Trinajstić information content (AvgIpc) is 2.37. The van der Waals surface area contributed by atoms with Crippen LogP contribution < -0.4 is 5.73 Å². The van der Waals surface area contributed by atoms with Crippen molar-refractivity contribution in [2.75, 3.05) is 32.4 Å². The van der Waals surface area contributed by atoms with Gasteiger partial charge >= 0.3 is 0 Å². The molecule has 0 bridgehead atoms. The van der Waals surface area contributed by atoms with E-state index in [0.29, 0.717) is 25.3 Å².